The molecule has 0 aromatic rings. The van der Waals surface area contributed by atoms with Crippen molar-refractivity contribution in [2.45, 2.75) is 174 Å². The molecule has 5 nitrogen and oxygen atoms in total. The second-order valence-electron chi connectivity index (χ2n) is 14.0. The third-order valence-electron chi connectivity index (χ3n) is 8.77. The molecule has 0 amide bonds. The summed E-state index contributed by atoms with van der Waals surface area (Å²) in [6.45, 7) is 3.93. The minimum absolute atomic E-state index is 0.0831. The Bertz CT molecular complexity index is 1190. The Hall–Kier alpha value is -3.70. The van der Waals surface area contributed by atoms with Gasteiger partial charge in [-0.15, -0.1) is 0 Å². The van der Waals surface area contributed by atoms with Gasteiger partial charge in [-0.2, -0.15) is 0 Å². The van der Waals surface area contributed by atoms with Gasteiger partial charge in [0.05, 0.1) is 6.61 Å². The Morgan fingerprint density at radius 3 is 1.16 bits per heavy atom. The lowest BCUT2D eigenvalue weighted by atomic mass is 10.1. The molecular formula is C51H80O5. The fourth-order valence-corrected chi connectivity index (χ4v) is 5.46. The molecule has 0 aliphatic rings. The van der Waals surface area contributed by atoms with Crippen molar-refractivity contribution in [2.75, 3.05) is 13.2 Å². The zero-order valence-corrected chi connectivity index (χ0v) is 35.6. The van der Waals surface area contributed by atoms with Crippen molar-refractivity contribution in [3.8, 4) is 0 Å². The van der Waals surface area contributed by atoms with Gasteiger partial charge in [-0.1, -0.05) is 187 Å². The maximum Gasteiger partial charge on any atom is 0.306 e. The van der Waals surface area contributed by atoms with Gasteiger partial charge in [0, 0.05) is 12.8 Å². The summed E-state index contributed by atoms with van der Waals surface area (Å²) < 4.78 is 10.5. The molecule has 5 heteroatoms. The monoisotopic (exact) mass is 773 g/mol. The summed E-state index contributed by atoms with van der Waals surface area (Å²) >= 11 is 0. The van der Waals surface area contributed by atoms with E-state index in [9.17, 15) is 14.7 Å². The zero-order chi connectivity index (χ0) is 40.7. The molecule has 0 bridgehead atoms. The standard InChI is InChI=1S/C51H80O5/c1-3-5-7-9-11-12-13-14-15-16-17-18-19-20-21-22-23-24-25-26-27-28-29-30-31-32-33-34-35-36-37-38-40-42-44-46-51(54)56-49(47-52)48-55-50(53)45-43-41-39-10-8-6-4-2/h5,7,11-12,14-15,17-18,20-21,23-24,26-27,29-30,32-33,35-36,49,52H,3-4,6,8-10,13,16,19,22,25,28,31,34,37-48H2,1-2H3/b7-5-,12-11-,15-14-,18-17-,21-20-,24-23-,27-26-,30-29-,33-32-,36-35-. The molecule has 314 valence electrons. The first kappa shape index (κ1) is 52.3. The molecule has 0 radical (unpaired) electrons. The second kappa shape index (κ2) is 45.7. The van der Waals surface area contributed by atoms with E-state index < -0.39 is 6.10 Å². The van der Waals surface area contributed by atoms with Gasteiger partial charge < -0.3 is 14.6 Å². The van der Waals surface area contributed by atoms with Crippen molar-refractivity contribution in [3.63, 3.8) is 0 Å². The van der Waals surface area contributed by atoms with Crippen LogP contribution in [0.1, 0.15) is 168 Å². The Balaban J connectivity index is 3.68. The number of rotatable bonds is 38. The van der Waals surface area contributed by atoms with Gasteiger partial charge in [-0.3, -0.25) is 9.59 Å². The predicted octanol–water partition coefficient (Wildman–Crippen LogP) is 14.4. The first-order chi connectivity index (χ1) is 27.6. The van der Waals surface area contributed by atoms with Gasteiger partial charge in [0.15, 0.2) is 6.10 Å². The molecule has 0 fully saturated rings. The van der Waals surface area contributed by atoms with Crippen molar-refractivity contribution in [3.05, 3.63) is 122 Å². The Labute approximate surface area is 343 Å². The van der Waals surface area contributed by atoms with E-state index >= 15 is 0 Å². The highest BCUT2D eigenvalue weighted by Gasteiger charge is 2.16. The van der Waals surface area contributed by atoms with Crippen LogP contribution in [0.5, 0.6) is 0 Å². The molecule has 0 spiro atoms. The van der Waals surface area contributed by atoms with Gasteiger partial charge in [0.25, 0.3) is 0 Å². The summed E-state index contributed by atoms with van der Waals surface area (Å²) in [5.74, 6) is -0.639. The van der Waals surface area contributed by atoms with Gasteiger partial charge in [-0.25, -0.2) is 0 Å². The van der Waals surface area contributed by atoms with Crippen LogP contribution in [0.25, 0.3) is 0 Å². The minimum Gasteiger partial charge on any atom is -0.462 e. The summed E-state index contributed by atoms with van der Waals surface area (Å²) in [6.07, 6.45) is 67.2. The lowest BCUT2D eigenvalue weighted by Gasteiger charge is -2.15. The largest absolute Gasteiger partial charge is 0.462 e. The Kier molecular flexibility index (Phi) is 42.7. The number of allylic oxidation sites excluding steroid dienone is 20. The van der Waals surface area contributed by atoms with Crippen LogP contribution in [0.4, 0.5) is 0 Å². The van der Waals surface area contributed by atoms with Gasteiger partial charge in [0.2, 0.25) is 0 Å². The maximum atomic E-state index is 12.1. The number of ether oxygens (including phenoxy) is 2. The lowest BCUT2D eigenvalue weighted by Crippen LogP contribution is -2.28. The van der Waals surface area contributed by atoms with Crippen LogP contribution in [0.3, 0.4) is 0 Å². The SMILES string of the molecule is CC/C=C\C/C=C\C/C=C\C/C=C\C/C=C\C/C=C\C/C=C\C/C=C\C/C=C\C/C=C\CCCCCCC(=O)OC(CO)COC(=O)CCCCCCCCC. The van der Waals surface area contributed by atoms with E-state index in [1.165, 1.54) is 25.7 Å². The summed E-state index contributed by atoms with van der Waals surface area (Å²) in [6, 6.07) is 0. The van der Waals surface area contributed by atoms with E-state index in [0.29, 0.717) is 12.8 Å². The van der Waals surface area contributed by atoms with Crippen LogP contribution in [0.15, 0.2) is 122 Å². The number of carbonyl (C=O) groups is 2. The highest BCUT2D eigenvalue weighted by atomic mass is 16.6. The molecule has 0 rings (SSSR count). The molecule has 0 aliphatic carbocycles. The molecule has 1 N–H and O–H groups in total. The highest BCUT2D eigenvalue weighted by molar-refractivity contribution is 5.70. The fourth-order valence-electron chi connectivity index (χ4n) is 5.46. The Morgan fingerprint density at radius 2 is 0.768 bits per heavy atom. The molecule has 0 saturated heterocycles. The van der Waals surface area contributed by atoms with Crippen molar-refractivity contribution >= 4 is 11.9 Å². The average Bonchev–Trinajstić information content (AvgIpc) is 3.20. The Morgan fingerprint density at radius 1 is 0.429 bits per heavy atom. The van der Waals surface area contributed by atoms with E-state index in [4.69, 9.17) is 9.47 Å². The van der Waals surface area contributed by atoms with Crippen LogP contribution in [-0.4, -0.2) is 36.4 Å². The van der Waals surface area contributed by atoms with E-state index in [1.807, 2.05) is 0 Å². The van der Waals surface area contributed by atoms with Crippen LogP contribution in [-0.2, 0) is 19.1 Å². The van der Waals surface area contributed by atoms with Crippen molar-refractivity contribution in [1.82, 2.24) is 0 Å². The minimum atomic E-state index is -0.789. The first-order valence-electron chi connectivity index (χ1n) is 22.1. The van der Waals surface area contributed by atoms with Crippen LogP contribution >= 0.6 is 0 Å². The first-order valence-corrected chi connectivity index (χ1v) is 22.1. The molecule has 0 saturated carbocycles. The van der Waals surface area contributed by atoms with Crippen LogP contribution < -0.4 is 0 Å². The van der Waals surface area contributed by atoms with E-state index in [2.05, 4.69) is 135 Å². The van der Waals surface area contributed by atoms with Gasteiger partial charge >= 0.3 is 11.9 Å². The number of esters is 2. The summed E-state index contributed by atoms with van der Waals surface area (Å²) in [5.41, 5.74) is 0. The predicted molar refractivity (Wildman–Crippen MR) is 241 cm³/mol. The molecule has 0 aromatic heterocycles. The third kappa shape index (κ3) is 43.0. The quantitative estimate of drug-likeness (QED) is 0.0384. The number of aliphatic hydroxyl groups is 1. The summed E-state index contributed by atoms with van der Waals surface area (Å²) in [7, 11) is 0. The topological polar surface area (TPSA) is 72.8 Å². The third-order valence-corrected chi connectivity index (χ3v) is 8.77. The van der Waals surface area contributed by atoms with Gasteiger partial charge in [0.1, 0.15) is 6.61 Å². The second-order valence-corrected chi connectivity index (χ2v) is 14.0. The normalized spacial score (nSPS) is 13.4. The van der Waals surface area contributed by atoms with Gasteiger partial charge in [-0.05, 0) is 89.9 Å². The van der Waals surface area contributed by atoms with Crippen LogP contribution in [0.2, 0.25) is 0 Å². The number of hydrogen-bond donors (Lipinski definition) is 1. The molecule has 0 heterocycles. The molecule has 1 atom stereocenters. The van der Waals surface area contributed by atoms with E-state index in [1.54, 1.807) is 0 Å². The van der Waals surface area contributed by atoms with E-state index in [-0.39, 0.29) is 25.2 Å². The molecule has 1 unspecified atom stereocenters. The number of aliphatic hydroxyl groups excluding tert-OH is 1. The maximum absolute atomic E-state index is 12.1. The molecular weight excluding hydrogens is 693 g/mol. The van der Waals surface area contributed by atoms with Crippen molar-refractivity contribution < 1.29 is 24.2 Å². The summed E-state index contributed by atoms with van der Waals surface area (Å²) in [4.78, 5) is 24.1. The number of hydrogen-bond acceptors (Lipinski definition) is 5. The fraction of sp³-hybridized carbons (Fsp3) is 0.569. The number of unbranched alkanes of at least 4 members (excludes halogenated alkanes) is 10. The van der Waals surface area contributed by atoms with E-state index in [0.717, 1.165) is 116 Å². The average molecular weight is 773 g/mol. The highest BCUT2D eigenvalue weighted by Crippen LogP contribution is 2.11. The van der Waals surface area contributed by atoms with Crippen molar-refractivity contribution in [2.24, 2.45) is 0 Å². The zero-order valence-electron chi connectivity index (χ0n) is 35.6. The summed E-state index contributed by atoms with van der Waals surface area (Å²) in [5, 5.41) is 9.51. The molecule has 0 aliphatic heterocycles. The molecule has 56 heavy (non-hydrogen) atoms. The van der Waals surface area contributed by atoms with Crippen molar-refractivity contribution in [1.29, 1.82) is 0 Å². The smallest absolute Gasteiger partial charge is 0.306 e. The lowest BCUT2D eigenvalue weighted by molar-refractivity contribution is -0.161. The van der Waals surface area contributed by atoms with Crippen LogP contribution in [0, 0.1) is 0 Å². The molecule has 0 aromatic carbocycles. The number of carbonyl (C=O) groups excluding carboxylic acids is 2.